The van der Waals surface area contributed by atoms with Gasteiger partial charge in [0.05, 0.1) is 5.56 Å². The van der Waals surface area contributed by atoms with Gasteiger partial charge in [0.15, 0.2) is 0 Å². The molecule has 0 radical (unpaired) electrons. The van der Waals surface area contributed by atoms with E-state index in [1.165, 1.54) is 18.2 Å². The molecule has 0 aliphatic heterocycles. The van der Waals surface area contributed by atoms with Gasteiger partial charge in [0, 0.05) is 5.56 Å². The SMILES string of the molecule is O=NCc1ccc(OCc2ccccc2C(F)(F)F)cc1. The molecular formula is C15H12F3NO2. The first-order valence-electron chi connectivity index (χ1n) is 6.16. The third kappa shape index (κ3) is 4.05. The number of alkyl halides is 3. The summed E-state index contributed by atoms with van der Waals surface area (Å²) in [5.74, 6) is 0.432. The fourth-order valence-electron chi connectivity index (χ4n) is 1.85. The van der Waals surface area contributed by atoms with Crippen LogP contribution < -0.4 is 4.74 Å². The van der Waals surface area contributed by atoms with Crippen molar-refractivity contribution >= 4 is 0 Å². The first-order valence-corrected chi connectivity index (χ1v) is 6.16. The van der Waals surface area contributed by atoms with Gasteiger partial charge in [0.25, 0.3) is 0 Å². The third-order valence-corrected chi connectivity index (χ3v) is 2.89. The summed E-state index contributed by atoms with van der Waals surface area (Å²) >= 11 is 0. The molecule has 0 fully saturated rings. The van der Waals surface area contributed by atoms with Crippen LogP contribution in [0.15, 0.2) is 53.7 Å². The molecule has 0 bridgehead atoms. The molecule has 0 aliphatic carbocycles. The quantitative estimate of drug-likeness (QED) is 0.759. The molecular weight excluding hydrogens is 283 g/mol. The molecule has 0 amide bonds. The summed E-state index contributed by atoms with van der Waals surface area (Å²) in [4.78, 5) is 10.1. The maximum absolute atomic E-state index is 12.8. The lowest BCUT2D eigenvalue weighted by Crippen LogP contribution is -2.10. The Kier molecular flexibility index (Phi) is 4.57. The van der Waals surface area contributed by atoms with Crippen LogP contribution in [-0.4, -0.2) is 0 Å². The van der Waals surface area contributed by atoms with E-state index in [0.717, 1.165) is 6.07 Å². The minimum atomic E-state index is -4.40. The fraction of sp³-hybridized carbons (Fsp3) is 0.200. The summed E-state index contributed by atoms with van der Waals surface area (Å²) in [6.45, 7) is -0.127. The van der Waals surface area contributed by atoms with E-state index in [0.29, 0.717) is 11.3 Å². The van der Waals surface area contributed by atoms with Gasteiger partial charge in [0.1, 0.15) is 18.9 Å². The van der Waals surface area contributed by atoms with E-state index in [-0.39, 0.29) is 18.7 Å². The summed E-state index contributed by atoms with van der Waals surface area (Å²) in [5.41, 5.74) is 0.0865. The fourth-order valence-corrected chi connectivity index (χ4v) is 1.85. The van der Waals surface area contributed by atoms with E-state index in [2.05, 4.69) is 5.18 Å². The molecule has 0 saturated heterocycles. The molecule has 0 aromatic heterocycles. The number of nitroso groups, excluding NO2 is 1. The number of halogens is 3. The highest BCUT2D eigenvalue weighted by Gasteiger charge is 2.32. The molecule has 3 nitrogen and oxygen atoms in total. The van der Waals surface area contributed by atoms with Gasteiger partial charge in [-0.1, -0.05) is 35.5 Å². The number of rotatable bonds is 5. The number of hydrogen-bond acceptors (Lipinski definition) is 3. The van der Waals surface area contributed by atoms with E-state index < -0.39 is 11.7 Å². The zero-order chi connectivity index (χ0) is 15.3. The van der Waals surface area contributed by atoms with Gasteiger partial charge in [-0.2, -0.15) is 18.1 Å². The Bertz CT molecular complexity index is 609. The highest BCUT2D eigenvalue weighted by molar-refractivity contribution is 5.31. The summed E-state index contributed by atoms with van der Waals surface area (Å²) in [5, 5.41) is 2.75. The van der Waals surface area contributed by atoms with Crippen LogP contribution in [0.4, 0.5) is 13.2 Å². The average molecular weight is 295 g/mol. The highest BCUT2D eigenvalue weighted by Crippen LogP contribution is 2.32. The van der Waals surface area contributed by atoms with E-state index in [9.17, 15) is 18.1 Å². The van der Waals surface area contributed by atoms with Gasteiger partial charge < -0.3 is 4.74 Å². The van der Waals surface area contributed by atoms with Crippen molar-refractivity contribution in [3.05, 3.63) is 70.1 Å². The van der Waals surface area contributed by atoms with Crippen LogP contribution in [0.5, 0.6) is 5.75 Å². The molecule has 2 aromatic carbocycles. The highest BCUT2D eigenvalue weighted by atomic mass is 19.4. The predicted octanol–water partition coefficient (Wildman–Crippen LogP) is 4.55. The van der Waals surface area contributed by atoms with Gasteiger partial charge in [-0.15, -0.1) is 0 Å². The van der Waals surface area contributed by atoms with Gasteiger partial charge in [-0.3, -0.25) is 0 Å². The van der Waals surface area contributed by atoms with E-state index in [1.807, 2.05) is 0 Å². The normalized spacial score (nSPS) is 11.2. The van der Waals surface area contributed by atoms with Crippen molar-refractivity contribution in [2.24, 2.45) is 5.18 Å². The second-order valence-electron chi connectivity index (χ2n) is 4.37. The molecule has 0 unspecified atom stereocenters. The molecule has 0 spiro atoms. The minimum absolute atomic E-state index is 0.0528. The van der Waals surface area contributed by atoms with Crippen molar-refractivity contribution in [2.75, 3.05) is 0 Å². The number of ether oxygens (including phenoxy) is 1. The molecule has 0 heterocycles. The Balaban J connectivity index is 2.08. The standard InChI is InChI=1S/C15H12F3NO2/c16-15(17,18)14-4-2-1-3-12(14)10-21-13-7-5-11(6-8-13)9-19-20/h1-8H,9-10H2. The zero-order valence-corrected chi connectivity index (χ0v) is 10.9. The lowest BCUT2D eigenvalue weighted by molar-refractivity contribution is -0.138. The Morgan fingerprint density at radius 2 is 1.67 bits per heavy atom. The Morgan fingerprint density at radius 1 is 1.00 bits per heavy atom. The van der Waals surface area contributed by atoms with Crippen molar-refractivity contribution in [3.8, 4) is 5.75 Å². The smallest absolute Gasteiger partial charge is 0.416 e. The summed E-state index contributed by atoms with van der Waals surface area (Å²) in [6.07, 6.45) is -4.40. The Labute approximate surface area is 119 Å². The predicted molar refractivity (Wildman–Crippen MR) is 71.7 cm³/mol. The van der Waals surface area contributed by atoms with Gasteiger partial charge in [0.2, 0.25) is 0 Å². The maximum Gasteiger partial charge on any atom is 0.416 e. The zero-order valence-electron chi connectivity index (χ0n) is 10.9. The molecule has 2 rings (SSSR count). The first kappa shape index (κ1) is 15.0. The van der Waals surface area contributed by atoms with E-state index >= 15 is 0 Å². The topological polar surface area (TPSA) is 38.7 Å². The van der Waals surface area contributed by atoms with Gasteiger partial charge >= 0.3 is 6.18 Å². The van der Waals surface area contributed by atoms with Crippen LogP contribution in [0.25, 0.3) is 0 Å². The summed E-state index contributed by atoms with van der Waals surface area (Å²) in [7, 11) is 0. The third-order valence-electron chi connectivity index (χ3n) is 2.89. The van der Waals surface area contributed by atoms with Crippen molar-refractivity contribution in [2.45, 2.75) is 19.3 Å². The Morgan fingerprint density at radius 3 is 2.29 bits per heavy atom. The maximum atomic E-state index is 12.8. The van der Waals surface area contributed by atoms with Gasteiger partial charge in [-0.25, -0.2) is 0 Å². The molecule has 0 aliphatic rings. The average Bonchev–Trinajstić information content (AvgIpc) is 2.46. The second kappa shape index (κ2) is 6.39. The van der Waals surface area contributed by atoms with E-state index in [1.54, 1.807) is 24.3 Å². The van der Waals surface area contributed by atoms with Crippen LogP contribution in [0, 0.1) is 4.91 Å². The molecule has 0 saturated carbocycles. The monoisotopic (exact) mass is 295 g/mol. The largest absolute Gasteiger partial charge is 0.489 e. The molecule has 110 valence electrons. The van der Waals surface area contributed by atoms with Crippen LogP contribution in [-0.2, 0) is 19.3 Å². The van der Waals surface area contributed by atoms with Crippen molar-refractivity contribution in [3.63, 3.8) is 0 Å². The molecule has 6 heteroatoms. The van der Waals surface area contributed by atoms with Crippen molar-refractivity contribution < 1.29 is 17.9 Å². The van der Waals surface area contributed by atoms with Crippen LogP contribution in [0.1, 0.15) is 16.7 Å². The molecule has 21 heavy (non-hydrogen) atoms. The molecule has 0 N–H and O–H groups in total. The molecule has 2 aromatic rings. The lowest BCUT2D eigenvalue weighted by atomic mass is 10.1. The lowest BCUT2D eigenvalue weighted by Gasteiger charge is -2.13. The van der Waals surface area contributed by atoms with Crippen LogP contribution in [0.3, 0.4) is 0 Å². The van der Waals surface area contributed by atoms with Crippen molar-refractivity contribution in [1.29, 1.82) is 0 Å². The number of benzene rings is 2. The molecule has 0 atom stereocenters. The number of nitrogens with zero attached hydrogens (tertiary/aromatic N) is 1. The summed E-state index contributed by atoms with van der Waals surface area (Å²) < 4.78 is 43.8. The van der Waals surface area contributed by atoms with Gasteiger partial charge in [-0.05, 0) is 23.8 Å². The van der Waals surface area contributed by atoms with Crippen molar-refractivity contribution in [1.82, 2.24) is 0 Å². The second-order valence-corrected chi connectivity index (χ2v) is 4.37. The minimum Gasteiger partial charge on any atom is -0.489 e. The van der Waals surface area contributed by atoms with E-state index in [4.69, 9.17) is 4.74 Å². The number of hydrogen-bond donors (Lipinski definition) is 0. The Hall–Kier alpha value is -2.37. The first-order chi connectivity index (χ1) is 10.0. The summed E-state index contributed by atoms with van der Waals surface area (Å²) in [6, 6.07) is 11.8. The van der Waals surface area contributed by atoms with Crippen LogP contribution in [0.2, 0.25) is 0 Å². The van der Waals surface area contributed by atoms with Crippen LogP contribution >= 0.6 is 0 Å².